The lowest BCUT2D eigenvalue weighted by Crippen LogP contribution is -2.33. The highest BCUT2D eigenvalue weighted by Gasteiger charge is 2.23. The largest absolute Gasteiger partial charge is 0.335 e. The number of anilines is 3. The standard InChI is InChI=1S/C39H36Cl2N3S2/c1-3-42-34-26-30(40)21-23-36(34)45-38(42)19-13-5-8-14-29(20-25-39-43(4-2)35-27-31(41)22-24-37(35)46-39)28-44(32-15-9-6-10-16-32)33-17-11-7-12-18-33/h5-7,9-13,15-28H,3-4,8,14H2,1-2H3/q+1. The highest BCUT2D eigenvalue weighted by molar-refractivity contribution is 8.03. The number of benzene rings is 4. The van der Waals surface area contributed by atoms with Crippen molar-refractivity contribution < 1.29 is 4.57 Å². The number of fused-ring (bicyclic) bond motifs is 2. The topological polar surface area (TPSA) is 10.4 Å². The summed E-state index contributed by atoms with van der Waals surface area (Å²) in [6.07, 6.45) is 15.3. The van der Waals surface area contributed by atoms with E-state index < -0.39 is 0 Å². The molecule has 0 aliphatic carbocycles. The quantitative estimate of drug-likeness (QED) is 0.102. The molecule has 5 aromatic rings. The van der Waals surface area contributed by atoms with E-state index in [1.165, 1.54) is 36.4 Å². The summed E-state index contributed by atoms with van der Waals surface area (Å²) in [5, 5.41) is 3.96. The van der Waals surface area contributed by atoms with Crippen LogP contribution in [0.15, 0.2) is 143 Å². The zero-order chi connectivity index (χ0) is 31.9. The van der Waals surface area contributed by atoms with Gasteiger partial charge >= 0.3 is 0 Å². The molecule has 0 bridgehead atoms. The molecular weight excluding hydrogens is 645 g/mol. The molecular formula is C39H36Cl2N3S2+. The van der Waals surface area contributed by atoms with Gasteiger partial charge in [-0.1, -0.05) is 101 Å². The molecule has 0 saturated carbocycles. The lowest BCUT2D eigenvalue weighted by molar-refractivity contribution is -0.665. The summed E-state index contributed by atoms with van der Waals surface area (Å²) in [5.41, 5.74) is 5.84. The molecule has 0 spiro atoms. The smallest absolute Gasteiger partial charge is 0.262 e. The number of hydrogen-bond donors (Lipinski definition) is 0. The first-order valence-electron chi connectivity index (χ1n) is 15.6. The van der Waals surface area contributed by atoms with E-state index in [9.17, 15) is 0 Å². The van der Waals surface area contributed by atoms with Crippen LogP contribution in [-0.2, 0) is 6.54 Å². The van der Waals surface area contributed by atoms with Gasteiger partial charge in [0.15, 0.2) is 0 Å². The highest BCUT2D eigenvalue weighted by atomic mass is 35.5. The Morgan fingerprint density at radius 3 is 2.26 bits per heavy atom. The minimum Gasteiger partial charge on any atom is -0.335 e. The number of para-hydroxylation sites is 2. The van der Waals surface area contributed by atoms with Crippen LogP contribution >= 0.6 is 46.3 Å². The minimum atomic E-state index is 0.762. The van der Waals surface area contributed by atoms with Gasteiger partial charge in [0.2, 0.25) is 5.52 Å². The average molecular weight is 682 g/mol. The van der Waals surface area contributed by atoms with Gasteiger partial charge in [0.1, 0.15) is 11.2 Å². The van der Waals surface area contributed by atoms with Gasteiger partial charge in [-0.3, -0.25) is 0 Å². The fraction of sp³-hybridized carbons (Fsp3) is 0.154. The van der Waals surface area contributed by atoms with Crippen molar-refractivity contribution in [2.45, 2.75) is 38.1 Å². The molecule has 0 N–H and O–H groups in total. The molecule has 0 saturated heterocycles. The lowest BCUT2D eigenvalue weighted by atomic mass is 10.1. The van der Waals surface area contributed by atoms with Gasteiger partial charge in [-0.2, -0.15) is 4.57 Å². The predicted octanol–water partition coefficient (Wildman–Crippen LogP) is 12.1. The molecule has 1 aromatic heterocycles. The Morgan fingerprint density at radius 1 is 0.870 bits per heavy atom. The fourth-order valence-corrected chi connectivity index (χ4v) is 8.12. The van der Waals surface area contributed by atoms with E-state index in [-0.39, 0.29) is 0 Å². The van der Waals surface area contributed by atoms with Gasteiger partial charge in [0.05, 0.1) is 10.7 Å². The molecule has 0 radical (unpaired) electrons. The summed E-state index contributed by atoms with van der Waals surface area (Å²) in [4.78, 5) is 5.85. The molecule has 2 heterocycles. The number of allylic oxidation sites excluding steroid dienone is 5. The molecule has 46 heavy (non-hydrogen) atoms. The Balaban J connectivity index is 1.29. The van der Waals surface area contributed by atoms with E-state index in [1.54, 1.807) is 23.1 Å². The number of hydrogen-bond acceptors (Lipinski definition) is 4. The van der Waals surface area contributed by atoms with E-state index in [0.717, 1.165) is 47.4 Å². The normalized spacial score (nSPS) is 14.3. The van der Waals surface area contributed by atoms with Crippen LogP contribution in [0.1, 0.15) is 31.7 Å². The Kier molecular flexibility index (Phi) is 10.7. The fourth-order valence-electron chi connectivity index (χ4n) is 5.56. The van der Waals surface area contributed by atoms with Crippen LogP contribution in [0, 0.1) is 0 Å². The Labute approximate surface area is 290 Å². The zero-order valence-electron chi connectivity index (χ0n) is 25.9. The van der Waals surface area contributed by atoms with Crippen molar-refractivity contribution in [1.82, 2.24) is 0 Å². The second kappa shape index (κ2) is 15.2. The third kappa shape index (κ3) is 7.45. The number of aryl methyl sites for hydroxylation is 1. The SMILES string of the molecule is CCN1C(=CC=CCC/C(C=Cc2sc3ccc(Cl)cc3[n+]2CC)=C/N(c2ccccc2)c2ccccc2)Sc2ccc(Cl)cc21. The summed E-state index contributed by atoms with van der Waals surface area (Å²) < 4.78 is 3.57. The van der Waals surface area contributed by atoms with Crippen molar-refractivity contribution in [2.24, 2.45) is 0 Å². The van der Waals surface area contributed by atoms with E-state index in [2.05, 4.69) is 150 Å². The molecule has 7 heteroatoms. The van der Waals surface area contributed by atoms with Crippen LogP contribution in [0.25, 0.3) is 16.3 Å². The van der Waals surface area contributed by atoms with E-state index in [0.29, 0.717) is 0 Å². The second-order valence-electron chi connectivity index (χ2n) is 10.8. The van der Waals surface area contributed by atoms with Gasteiger partial charge in [0, 0.05) is 51.2 Å². The van der Waals surface area contributed by atoms with E-state index in [1.807, 2.05) is 12.1 Å². The van der Waals surface area contributed by atoms with Crippen molar-refractivity contribution in [3.63, 3.8) is 0 Å². The van der Waals surface area contributed by atoms with Gasteiger partial charge in [-0.15, -0.1) is 0 Å². The first-order chi connectivity index (χ1) is 22.5. The van der Waals surface area contributed by atoms with Crippen LogP contribution in [0.2, 0.25) is 10.0 Å². The third-order valence-corrected chi connectivity index (χ3v) is 10.5. The average Bonchev–Trinajstić information content (AvgIpc) is 3.62. The van der Waals surface area contributed by atoms with Crippen molar-refractivity contribution >= 4 is 79.7 Å². The summed E-state index contributed by atoms with van der Waals surface area (Å²) >= 11 is 16.3. The maximum atomic E-state index is 6.37. The summed E-state index contributed by atoms with van der Waals surface area (Å²) in [5.74, 6) is 0. The molecule has 232 valence electrons. The third-order valence-electron chi connectivity index (χ3n) is 7.80. The molecule has 0 amide bonds. The lowest BCUT2D eigenvalue weighted by Gasteiger charge is -2.22. The monoisotopic (exact) mass is 680 g/mol. The van der Waals surface area contributed by atoms with Crippen LogP contribution in [0.4, 0.5) is 17.1 Å². The van der Waals surface area contributed by atoms with Crippen molar-refractivity contribution in [2.75, 3.05) is 16.3 Å². The van der Waals surface area contributed by atoms with Gasteiger partial charge < -0.3 is 9.80 Å². The molecule has 1 aliphatic rings. The Bertz CT molecular complexity index is 1890. The van der Waals surface area contributed by atoms with E-state index in [4.69, 9.17) is 23.2 Å². The number of nitrogens with zero attached hydrogens (tertiary/aromatic N) is 3. The van der Waals surface area contributed by atoms with Crippen LogP contribution < -0.4 is 14.4 Å². The maximum absolute atomic E-state index is 6.37. The molecule has 0 fully saturated rings. The molecule has 1 aliphatic heterocycles. The van der Waals surface area contributed by atoms with Crippen molar-refractivity contribution in [3.8, 4) is 0 Å². The number of rotatable bonds is 11. The highest BCUT2D eigenvalue weighted by Crippen LogP contribution is 2.46. The van der Waals surface area contributed by atoms with Gasteiger partial charge in [0.25, 0.3) is 5.01 Å². The van der Waals surface area contributed by atoms with E-state index >= 15 is 0 Å². The summed E-state index contributed by atoms with van der Waals surface area (Å²) in [6, 6.07) is 33.4. The first-order valence-corrected chi connectivity index (χ1v) is 17.9. The maximum Gasteiger partial charge on any atom is 0.262 e. The molecule has 6 rings (SSSR count). The number of aromatic nitrogens is 1. The number of thiazole rings is 1. The summed E-state index contributed by atoms with van der Waals surface area (Å²) in [7, 11) is 0. The first kappa shape index (κ1) is 32.2. The minimum absolute atomic E-state index is 0.762. The van der Waals surface area contributed by atoms with Crippen LogP contribution in [0.3, 0.4) is 0 Å². The van der Waals surface area contributed by atoms with Crippen molar-refractivity contribution in [3.05, 3.63) is 153 Å². The Hall–Kier alpha value is -3.74. The van der Waals surface area contributed by atoms with Crippen molar-refractivity contribution in [1.29, 1.82) is 0 Å². The Morgan fingerprint density at radius 2 is 1.57 bits per heavy atom. The molecule has 3 nitrogen and oxygen atoms in total. The van der Waals surface area contributed by atoms with Crippen LogP contribution in [0.5, 0.6) is 0 Å². The molecule has 0 atom stereocenters. The molecule has 4 aromatic carbocycles. The predicted molar refractivity (Wildman–Crippen MR) is 202 cm³/mol. The van der Waals surface area contributed by atoms with Crippen LogP contribution in [-0.4, -0.2) is 6.54 Å². The number of halogens is 2. The van der Waals surface area contributed by atoms with Gasteiger partial charge in [-0.25, -0.2) is 0 Å². The zero-order valence-corrected chi connectivity index (χ0v) is 29.1. The number of thioether (sulfide) groups is 1. The summed E-state index contributed by atoms with van der Waals surface area (Å²) in [6.45, 7) is 6.13. The molecule has 0 unspecified atom stereocenters. The second-order valence-corrected chi connectivity index (χ2v) is 13.8. The van der Waals surface area contributed by atoms with Gasteiger partial charge in [-0.05, 0) is 92.9 Å².